The first-order valence-corrected chi connectivity index (χ1v) is 11.1. The third kappa shape index (κ3) is 10.5. The third-order valence-electron chi connectivity index (χ3n) is 3.38. The second kappa shape index (κ2) is 9.64. The second-order valence-electron chi connectivity index (χ2n) is 5.75. The number of hydrogen-bond donors (Lipinski definition) is 5. The summed E-state index contributed by atoms with van der Waals surface area (Å²) in [5, 5.41) is 9.59. The number of amides is 1. The SMILES string of the molecule is CS(=O)(=O)NC(=N)NC(=O)c1ccc(N2CCCCC2)cc1.O=S(=O)(O)O. The highest BCUT2D eigenvalue weighted by Gasteiger charge is 2.13. The number of benzene rings is 1. The first-order chi connectivity index (χ1) is 12.3. The highest BCUT2D eigenvalue weighted by Crippen LogP contribution is 2.20. The minimum Gasteiger partial charge on any atom is -0.372 e. The van der Waals surface area contributed by atoms with Gasteiger partial charge in [0.25, 0.3) is 5.91 Å². The molecule has 1 heterocycles. The fraction of sp³-hybridized carbons (Fsp3) is 0.429. The molecule has 1 saturated heterocycles. The van der Waals surface area contributed by atoms with Crippen molar-refractivity contribution in [1.82, 2.24) is 10.0 Å². The number of sulfonamides is 1. The van der Waals surface area contributed by atoms with Crippen molar-refractivity contribution in [2.24, 2.45) is 0 Å². The minimum absolute atomic E-state index is 0.376. The van der Waals surface area contributed by atoms with Gasteiger partial charge in [-0.15, -0.1) is 0 Å². The number of nitrogens with one attached hydrogen (secondary N) is 3. The van der Waals surface area contributed by atoms with E-state index in [1.165, 1.54) is 19.3 Å². The van der Waals surface area contributed by atoms with Gasteiger partial charge in [0.2, 0.25) is 16.0 Å². The Bertz CT molecular complexity index is 853. The number of carbonyl (C=O) groups excluding carboxylic acids is 1. The first kappa shape index (κ1) is 22.8. The van der Waals surface area contributed by atoms with Gasteiger partial charge in [0, 0.05) is 24.3 Å². The molecule has 152 valence electrons. The van der Waals surface area contributed by atoms with Gasteiger partial charge in [0.15, 0.2) is 0 Å². The van der Waals surface area contributed by atoms with Crippen LogP contribution in [0.3, 0.4) is 0 Å². The molecule has 13 heteroatoms. The van der Waals surface area contributed by atoms with E-state index in [9.17, 15) is 13.2 Å². The van der Waals surface area contributed by atoms with Crippen LogP contribution in [0.1, 0.15) is 29.6 Å². The van der Waals surface area contributed by atoms with Crippen molar-refractivity contribution in [2.45, 2.75) is 19.3 Å². The maximum absolute atomic E-state index is 11.9. The molecular weight excluding hydrogens is 400 g/mol. The largest absolute Gasteiger partial charge is 0.394 e. The van der Waals surface area contributed by atoms with Crippen molar-refractivity contribution < 1.29 is 30.7 Å². The van der Waals surface area contributed by atoms with Gasteiger partial charge in [0.1, 0.15) is 0 Å². The normalized spacial score (nSPS) is 14.6. The van der Waals surface area contributed by atoms with Gasteiger partial charge >= 0.3 is 10.4 Å². The Hall–Kier alpha value is -2.22. The zero-order chi connectivity index (χ0) is 20.7. The molecule has 0 aromatic heterocycles. The summed E-state index contributed by atoms with van der Waals surface area (Å²) in [4.78, 5) is 14.2. The second-order valence-corrected chi connectivity index (χ2v) is 8.39. The highest BCUT2D eigenvalue weighted by molar-refractivity contribution is 7.89. The lowest BCUT2D eigenvalue weighted by Gasteiger charge is -2.28. The van der Waals surface area contributed by atoms with Crippen LogP contribution in [-0.4, -0.2) is 57.2 Å². The predicted octanol–water partition coefficient (Wildman–Crippen LogP) is 0.238. The van der Waals surface area contributed by atoms with E-state index < -0.39 is 32.3 Å². The quantitative estimate of drug-likeness (QED) is 0.261. The molecule has 1 aromatic rings. The maximum Gasteiger partial charge on any atom is 0.394 e. The Morgan fingerprint density at radius 3 is 1.96 bits per heavy atom. The molecule has 1 fully saturated rings. The molecule has 1 aromatic carbocycles. The van der Waals surface area contributed by atoms with Crippen LogP contribution in [0, 0.1) is 5.41 Å². The maximum atomic E-state index is 11.9. The summed E-state index contributed by atoms with van der Waals surface area (Å²) < 4.78 is 55.4. The van der Waals surface area contributed by atoms with Crippen LogP contribution in [0.15, 0.2) is 24.3 Å². The molecule has 5 N–H and O–H groups in total. The molecule has 11 nitrogen and oxygen atoms in total. The number of rotatable bonds is 3. The summed E-state index contributed by atoms with van der Waals surface area (Å²) >= 11 is 0. The van der Waals surface area contributed by atoms with E-state index in [4.69, 9.17) is 22.9 Å². The van der Waals surface area contributed by atoms with E-state index in [0.717, 1.165) is 25.0 Å². The Balaban J connectivity index is 0.000000646. The predicted molar refractivity (Wildman–Crippen MR) is 99.9 cm³/mol. The van der Waals surface area contributed by atoms with Gasteiger partial charge in [-0.05, 0) is 43.5 Å². The number of carbonyl (C=O) groups is 1. The van der Waals surface area contributed by atoms with Gasteiger partial charge in [0.05, 0.1) is 6.26 Å². The number of hydrogen-bond acceptors (Lipinski definition) is 7. The topological polar surface area (TPSA) is 177 Å². The van der Waals surface area contributed by atoms with Crippen LogP contribution in [0.25, 0.3) is 0 Å². The van der Waals surface area contributed by atoms with Crippen molar-refractivity contribution in [3.8, 4) is 0 Å². The zero-order valence-corrected chi connectivity index (χ0v) is 16.2. The van der Waals surface area contributed by atoms with E-state index in [1.807, 2.05) is 16.9 Å². The van der Waals surface area contributed by atoms with Crippen LogP contribution in [0.4, 0.5) is 5.69 Å². The Labute approximate surface area is 157 Å². The molecule has 0 aliphatic carbocycles. The number of piperidine rings is 1. The average Bonchev–Trinajstić information content (AvgIpc) is 2.52. The van der Waals surface area contributed by atoms with Crippen LogP contribution in [0.2, 0.25) is 0 Å². The molecule has 0 saturated carbocycles. The molecule has 0 unspecified atom stereocenters. The molecule has 2 rings (SSSR count). The van der Waals surface area contributed by atoms with Crippen molar-refractivity contribution in [3.05, 3.63) is 29.8 Å². The van der Waals surface area contributed by atoms with E-state index in [-0.39, 0.29) is 0 Å². The summed E-state index contributed by atoms with van der Waals surface area (Å²) in [7, 11) is -8.24. The van der Waals surface area contributed by atoms with Crippen LogP contribution in [-0.2, 0) is 20.4 Å². The van der Waals surface area contributed by atoms with Crippen LogP contribution in [0.5, 0.6) is 0 Å². The van der Waals surface area contributed by atoms with Crippen molar-refractivity contribution in [3.63, 3.8) is 0 Å². The van der Waals surface area contributed by atoms with E-state index in [2.05, 4.69) is 10.2 Å². The van der Waals surface area contributed by atoms with Gasteiger partial charge < -0.3 is 4.90 Å². The summed E-state index contributed by atoms with van der Waals surface area (Å²) in [6.07, 6.45) is 4.53. The molecule has 27 heavy (non-hydrogen) atoms. The summed E-state index contributed by atoms with van der Waals surface area (Å²) in [5.74, 6) is -1.08. The lowest BCUT2D eigenvalue weighted by molar-refractivity contribution is 0.0976. The summed E-state index contributed by atoms with van der Waals surface area (Å²) in [6.45, 7) is 2.04. The van der Waals surface area contributed by atoms with Crippen molar-refractivity contribution >= 4 is 38.0 Å². The molecule has 0 spiro atoms. The minimum atomic E-state index is -4.67. The smallest absolute Gasteiger partial charge is 0.372 e. The van der Waals surface area contributed by atoms with E-state index in [0.29, 0.717) is 5.56 Å². The average molecular weight is 422 g/mol. The molecule has 1 aliphatic rings. The Morgan fingerprint density at radius 2 is 1.52 bits per heavy atom. The van der Waals surface area contributed by atoms with E-state index in [1.54, 1.807) is 12.1 Å². The van der Waals surface area contributed by atoms with Gasteiger partial charge in [-0.25, -0.2) is 8.42 Å². The van der Waals surface area contributed by atoms with Crippen LogP contribution >= 0.6 is 0 Å². The lowest BCUT2D eigenvalue weighted by Crippen LogP contribution is -2.42. The molecule has 0 bridgehead atoms. The zero-order valence-electron chi connectivity index (χ0n) is 14.5. The van der Waals surface area contributed by atoms with Gasteiger partial charge in [-0.1, -0.05) is 0 Å². The lowest BCUT2D eigenvalue weighted by atomic mass is 10.1. The monoisotopic (exact) mass is 422 g/mol. The Morgan fingerprint density at radius 1 is 1.04 bits per heavy atom. The fourth-order valence-electron chi connectivity index (χ4n) is 2.37. The van der Waals surface area contributed by atoms with E-state index >= 15 is 0 Å². The molecule has 0 atom stereocenters. The van der Waals surface area contributed by atoms with Gasteiger partial charge in [-0.2, -0.15) is 8.42 Å². The number of anilines is 1. The number of nitrogens with zero attached hydrogens (tertiary/aromatic N) is 1. The molecular formula is C14H22N4O7S2. The molecule has 1 aliphatic heterocycles. The first-order valence-electron chi connectivity index (χ1n) is 7.78. The van der Waals surface area contributed by atoms with Crippen LogP contribution < -0.4 is 14.9 Å². The Kier molecular flexibility index (Phi) is 8.15. The standard InChI is InChI=1S/C14H20N4O3S.H2O4S/c1-22(20,21)17-14(15)16-13(19)11-5-7-12(8-6-11)18-9-3-2-4-10-18;1-5(2,3)4/h5-8H,2-4,9-10H2,1H3,(H3,15,16,17,19);(H2,1,2,3,4). The molecule has 1 amide bonds. The van der Waals surface area contributed by atoms with Crippen molar-refractivity contribution in [2.75, 3.05) is 24.2 Å². The third-order valence-corrected chi connectivity index (χ3v) is 3.95. The molecule has 0 radical (unpaired) electrons. The fourth-order valence-corrected chi connectivity index (χ4v) is 2.79. The van der Waals surface area contributed by atoms with Crippen molar-refractivity contribution in [1.29, 1.82) is 5.41 Å². The summed E-state index contributed by atoms with van der Waals surface area (Å²) in [5.41, 5.74) is 1.45. The highest BCUT2D eigenvalue weighted by atomic mass is 32.3. The van der Waals surface area contributed by atoms with Gasteiger partial charge in [-0.3, -0.25) is 29.3 Å². The number of guanidine groups is 1. The summed E-state index contributed by atoms with van der Waals surface area (Å²) in [6, 6.07) is 7.09.